The van der Waals surface area contributed by atoms with E-state index in [1.807, 2.05) is 42.5 Å². The fourth-order valence-electron chi connectivity index (χ4n) is 5.78. The highest BCUT2D eigenvalue weighted by Crippen LogP contribution is 2.18. The van der Waals surface area contributed by atoms with Crippen LogP contribution in [0.4, 0.5) is 4.79 Å². The minimum Gasteiger partial charge on any atom is -0.508 e. The van der Waals surface area contributed by atoms with E-state index >= 15 is 0 Å². The highest BCUT2D eigenvalue weighted by molar-refractivity contribution is 5.97. The number of fused-ring (bicyclic) bond motifs is 1. The van der Waals surface area contributed by atoms with Crippen LogP contribution >= 0.6 is 0 Å². The number of carbonyl (C=O) groups is 4. The lowest BCUT2D eigenvalue weighted by molar-refractivity contribution is -0.130. The fraction of sp³-hybridized carbons (Fsp3) is 0.361. The Labute approximate surface area is 306 Å². The number of amides is 5. The van der Waals surface area contributed by atoms with Crippen molar-refractivity contribution in [2.24, 2.45) is 43.6 Å². The first-order chi connectivity index (χ1) is 25.4. The van der Waals surface area contributed by atoms with E-state index < -0.39 is 54.5 Å². The van der Waals surface area contributed by atoms with Gasteiger partial charge in [-0.05, 0) is 66.1 Å². The first-order valence-corrected chi connectivity index (χ1v) is 17.3. The average molecular weight is 729 g/mol. The zero-order valence-electron chi connectivity index (χ0n) is 29.3. The number of nitrogens with zero attached hydrogens (tertiary/aromatic N) is 3. The lowest BCUT2D eigenvalue weighted by atomic mass is 10.0. The van der Waals surface area contributed by atoms with Crippen molar-refractivity contribution in [3.8, 4) is 5.75 Å². The first-order valence-electron chi connectivity index (χ1n) is 17.3. The molecule has 15 N–H and O–H groups in total. The summed E-state index contributed by atoms with van der Waals surface area (Å²) in [6.45, 7) is -0.0114. The number of urea groups is 1. The Hall–Kier alpha value is -6.39. The van der Waals surface area contributed by atoms with Crippen molar-refractivity contribution in [3.63, 3.8) is 0 Å². The normalized spacial score (nSPS) is 20.0. The van der Waals surface area contributed by atoms with Gasteiger partial charge in [-0.3, -0.25) is 29.4 Å². The largest absolute Gasteiger partial charge is 0.508 e. The van der Waals surface area contributed by atoms with Crippen LogP contribution in [0.25, 0.3) is 10.8 Å². The molecule has 1 aliphatic heterocycles. The molecular formula is C36H48N12O5. The summed E-state index contributed by atoms with van der Waals surface area (Å²) in [5, 5.41) is 22.6. The summed E-state index contributed by atoms with van der Waals surface area (Å²) in [5.41, 5.74) is 30.9. The van der Waals surface area contributed by atoms with Crippen LogP contribution < -0.4 is 49.9 Å². The summed E-state index contributed by atoms with van der Waals surface area (Å²) in [4.78, 5) is 65.6. The molecule has 3 aromatic rings. The molecule has 53 heavy (non-hydrogen) atoms. The van der Waals surface area contributed by atoms with Crippen LogP contribution in [-0.4, -0.2) is 90.3 Å². The Morgan fingerprint density at radius 3 is 2.17 bits per heavy atom. The molecule has 0 spiro atoms. The molecule has 0 radical (unpaired) electrons. The smallest absolute Gasteiger partial charge is 0.312 e. The number of rotatable bonds is 12. The van der Waals surface area contributed by atoms with Crippen LogP contribution in [0.5, 0.6) is 5.75 Å². The van der Waals surface area contributed by atoms with Crippen LogP contribution in [0.15, 0.2) is 81.7 Å². The van der Waals surface area contributed by atoms with Crippen molar-refractivity contribution < 1.29 is 24.3 Å². The average Bonchev–Trinajstić information content (AvgIpc) is 3.12. The van der Waals surface area contributed by atoms with Crippen LogP contribution in [0.1, 0.15) is 36.8 Å². The minimum atomic E-state index is -1.09. The second kappa shape index (κ2) is 19.3. The van der Waals surface area contributed by atoms with Crippen LogP contribution in [0, 0.1) is 0 Å². The number of amidine groups is 2. The van der Waals surface area contributed by atoms with Gasteiger partial charge < -0.3 is 55.0 Å². The number of hydrogen-bond donors (Lipinski definition) is 10. The predicted octanol–water partition coefficient (Wildman–Crippen LogP) is -0.616. The summed E-state index contributed by atoms with van der Waals surface area (Å²) in [6.07, 6.45) is 1.40. The van der Waals surface area contributed by atoms with Crippen molar-refractivity contribution in [2.45, 2.75) is 62.7 Å². The highest BCUT2D eigenvalue weighted by Gasteiger charge is 2.29. The Bertz CT molecular complexity index is 1840. The molecule has 0 bridgehead atoms. The number of phenols is 1. The summed E-state index contributed by atoms with van der Waals surface area (Å²) < 4.78 is 0. The maximum Gasteiger partial charge on any atom is 0.312 e. The Balaban J connectivity index is 1.73. The summed E-state index contributed by atoms with van der Waals surface area (Å²) in [5.74, 6) is -1.82. The molecule has 17 heteroatoms. The molecule has 4 rings (SSSR count). The summed E-state index contributed by atoms with van der Waals surface area (Å²) in [6, 6.07) is 15.2. The molecular weight excluding hydrogens is 680 g/mol. The number of aliphatic imine (C=N–C) groups is 3. The van der Waals surface area contributed by atoms with Gasteiger partial charge in [0.2, 0.25) is 17.7 Å². The molecule has 3 aromatic carbocycles. The molecule has 282 valence electrons. The number of phenolic OH excluding ortho intramolecular Hbond substituents is 1. The quantitative estimate of drug-likeness (QED) is 0.0645. The van der Waals surface area contributed by atoms with Crippen molar-refractivity contribution in [2.75, 3.05) is 19.6 Å². The van der Waals surface area contributed by atoms with Gasteiger partial charge in [0.1, 0.15) is 35.5 Å². The zero-order chi connectivity index (χ0) is 38.3. The molecule has 17 nitrogen and oxygen atoms in total. The van der Waals surface area contributed by atoms with E-state index in [-0.39, 0.29) is 62.2 Å². The number of carbonyl (C=O) groups excluding carboxylic acids is 4. The van der Waals surface area contributed by atoms with Crippen molar-refractivity contribution >= 4 is 52.2 Å². The van der Waals surface area contributed by atoms with Crippen molar-refractivity contribution in [3.05, 3.63) is 77.9 Å². The van der Waals surface area contributed by atoms with Gasteiger partial charge in [-0.2, -0.15) is 0 Å². The van der Waals surface area contributed by atoms with E-state index in [9.17, 15) is 24.3 Å². The highest BCUT2D eigenvalue weighted by atomic mass is 16.3. The van der Waals surface area contributed by atoms with E-state index in [1.54, 1.807) is 12.1 Å². The molecule has 0 aromatic heterocycles. The van der Waals surface area contributed by atoms with Crippen LogP contribution in [0.2, 0.25) is 0 Å². The van der Waals surface area contributed by atoms with E-state index in [2.05, 4.69) is 36.2 Å². The van der Waals surface area contributed by atoms with E-state index in [0.717, 1.165) is 21.9 Å². The number of aromatic hydroxyl groups is 1. The van der Waals surface area contributed by atoms with E-state index in [1.165, 1.54) is 12.1 Å². The topological polar surface area (TPSA) is 304 Å². The number of guanidine groups is 1. The minimum absolute atomic E-state index is 0.00146. The van der Waals surface area contributed by atoms with Gasteiger partial charge in [-0.1, -0.05) is 54.6 Å². The van der Waals surface area contributed by atoms with Crippen molar-refractivity contribution in [1.29, 1.82) is 0 Å². The maximum absolute atomic E-state index is 14.0. The van der Waals surface area contributed by atoms with Gasteiger partial charge in [0.25, 0.3) is 0 Å². The second-order valence-electron chi connectivity index (χ2n) is 12.7. The molecule has 4 atom stereocenters. The van der Waals surface area contributed by atoms with Crippen molar-refractivity contribution in [1.82, 2.24) is 21.3 Å². The number of primary amides is 1. The van der Waals surface area contributed by atoms with Gasteiger partial charge in [-0.25, -0.2) is 4.79 Å². The molecule has 5 amide bonds. The summed E-state index contributed by atoms with van der Waals surface area (Å²) in [7, 11) is 0. The maximum atomic E-state index is 14.0. The third-order valence-corrected chi connectivity index (χ3v) is 8.52. The molecule has 0 unspecified atom stereocenters. The van der Waals surface area contributed by atoms with Gasteiger partial charge in [0.15, 0.2) is 5.96 Å². The fourth-order valence-corrected chi connectivity index (χ4v) is 5.78. The SMILES string of the molecule is NC(=O)NCCC[C@@H]1N=C(N)[C@@H](Cc2ccc(O)cc2)NC(=O)CNC(=O)[C@H](Cc2ccc3ccccc3c2)NC(=O)[C@H](CCCN=C(N)N)N=C1N. The van der Waals surface area contributed by atoms with Crippen LogP contribution in [0.3, 0.4) is 0 Å². The zero-order valence-corrected chi connectivity index (χ0v) is 29.3. The van der Waals surface area contributed by atoms with E-state index in [0.29, 0.717) is 12.8 Å². The molecule has 0 saturated heterocycles. The van der Waals surface area contributed by atoms with Gasteiger partial charge in [-0.15, -0.1) is 0 Å². The Kier molecular flexibility index (Phi) is 14.3. The molecule has 0 saturated carbocycles. The van der Waals surface area contributed by atoms with Gasteiger partial charge in [0.05, 0.1) is 12.6 Å². The monoisotopic (exact) mass is 728 g/mol. The molecule has 1 aliphatic rings. The number of nitrogens with two attached hydrogens (primary N) is 5. The van der Waals surface area contributed by atoms with Gasteiger partial charge >= 0.3 is 6.03 Å². The third-order valence-electron chi connectivity index (χ3n) is 8.52. The van der Waals surface area contributed by atoms with E-state index in [4.69, 9.17) is 28.7 Å². The standard InChI is InChI=1S/C36H48N12O5/c37-31-26(7-3-16-43-36(41)53)46-32(38)28(18-21-10-13-25(49)14-11-21)45-30(50)20-44-33(51)29(19-22-9-12-23-5-1-2-6-24(23)17-22)48-34(52)27(47-31)8-4-15-42-35(39)40/h1-2,5-6,9-14,17,26-29,49H,3-4,7-8,15-16,18-20H2,(H2,37,47)(H2,38,46)(H,44,51)(H,45,50)(H,48,52)(H4,39,40,42)(H3,41,43,53)/t26-,27-,28+,29-/m0/s1. The lowest BCUT2D eigenvalue weighted by Crippen LogP contribution is -2.53. The molecule has 0 aliphatic carbocycles. The Morgan fingerprint density at radius 1 is 0.792 bits per heavy atom. The molecule has 1 heterocycles. The first kappa shape index (κ1) is 39.4. The van der Waals surface area contributed by atoms with Gasteiger partial charge in [0, 0.05) is 19.5 Å². The third kappa shape index (κ3) is 12.7. The lowest BCUT2D eigenvalue weighted by Gasteiger charge is -2.22. The second-order valence-corrected chi connectivity index (χ2v) is 12.7. The van der Waals surface area contributed by atoms with Crippen LogP contribution in [-0.2, 0) is 27.2 Å². The number of hydrogen-bond acceptors (Lipinski definition) is 10. The number of benzene rings is 3. The summed E-state index contributed by atoms with van der Waals surface area (Å²) >= 11 is 0. The predicted molar refractivity (Wildman–Crippen MR) is 204 cm³/mol. The Morgan fingerprint density at radius 2 is 1.45 bits per heavy atom. The molecule has 0 fully saturated rings. The number of nitrogens with one attached hydrogen (secondary N) is 4.